The molecule has 2 N–H and O–H groups in total. The Morgan fingerprint density at radius 1 is 1.00 bits per heavy atom. The van der Waals surface area contributed by atoms with Crippen molar-refractivity contribution < 1.29 is 19.1 Å². The molecule has 0 aliphatic heterocycles. The van der Waals surface area contributed by atoms with E-state index in [9.17, 15) is 9.59 Å². The summed E-state index contributed by atoms with van der Waals surface area (Å²) in [4.78, 5) is 25.1. The molecule has 2 amide bonds. The molecule has 0 saturated heterocycles. The fourth-order valence-electron chi connectivity index (χ4n) is 2.66. The maximum atomic E-state index is 12.7. The smallest absolute Gasteiger partial charge is 0.251 e. The van der Waals surface area contributed by atoms with Gasteiger partial charge in [0.2, 0.25) is 5.91 Å². The molecule has 6 nitrogen and oxygen atoms in total. The molecule has 2 rings (SSSR count). The number of carbonyl (C=O) groups excluding carboxylic acids is 2. The first-order chi connectivity index (χ1) is 13.0. The summed E-state index contributed by atoms with van der Waals surface area (Å²) < 4.78 is 10.6. The normalized spacial score (nSPS) is 11.6. The van der Waals surface area contributed by atoms with Crippen molar-refractivity contribution in [1.82, 2.24) is 10.6 Å². The number of ether oxygens (including phenoxy) is 2. The highest BCUT2D eigenvalue weighted by Crippen LogP contribution is 2.23. The lowest BCUT2D eigenvalue weighted by atomic mass is 10.0. The van der Waals surface area contributed by atoms with E-state index in [4.69, 9.17) is 9.47 Å². The van der Waals surface area contributed by atoms with Gasteiger partial charge in [-0.1, -0.05) is 32.0 Å². The van der Waals surface area contributed by atoms with Gasteiger partial charge in [-0.3, -0.25) is 9.59 Å². The van der Waals surface area contributed by atoms with Gasteiger partial charge < -0.3 is 20.1 Å². The van der Waals surface area contributed by atoms with Crippen LogP contribution in [0.2, 0.25) is 0 Å². The molecule has 0 aliphatic rings. The van der Waals surface area contributed by atoms with Crippen molar-refractivity contribution in [2.24, 2.45) is 5.92 Å². The van der Waals surface area contributed by atoms with Crippen molar-refractivity contribution >= 4 is 11.8 Å². The summed E-state index contributed by atoms with van der Waals surface area (Å²) in [5.74, 6) is 0.746. The number of amides is 2. The number of benzene rings is 2. The molecule has 0 aromatic heterocycles. The molecule has 1 unspecified atom stereocenters. The third-order valence-electron chi connectivity index (χ3n) is 4.21. The van der Waals surface area contributed by atoms with Crippen LogP contribution in [0, 0.1) is 5.92 Å². The molecule has 0 aliphatic carbocycles. The predicted molar refractivity (Wildman–Crippen MR) is 104 cm³/mol. The van der Waals surface area contributed by atoms with Gasteiger partial charge in [0.15, 0.2) is 0 Å². The zero-order chi connectivity index (χ0) is 19.8. The molecule has 2 aromatic rings. The summed E-state index contributed by atoms with van der Waals surface area (Å²) in [7, 11) is 3.15. The Bertz CT molecular complexity index is 775. The third-order valence-corrected chi connectivity index (χ3v) is 4.21. The average Bonchev–Trinajstić information content (AvgIpc) is 2.70. The Hall–Kier alpha value is -3.02. The first kappa shape index (κ1) is 20.3. The Morgan fingerprint density at radius 2 is 1.70 bits per heavy atom. The fourth-order valence-corrected chi connectivity index (χ4v) is 2.66. The van der Waals surface area contributed by atoms with Crippen LogP contribution < -0.4 is 20.1 Å². The van der Waals surface area contributed by atoms with Crippen molar-refractivity contribution in [1.29, 1.82) is 0 Å². The van der Waals surface area contributed by atoms with E-state index in [0.717, 1.165) is 5.56 Å². The molecule has 0 spiro atoms. The maximum absolute atomic E-state index is 12.7. The minimum absolute atomic E-state index is 0.0649. The van der Waals surface area contributed by atoms with Crippen molar-refractivity contribution in [2.75, 3.05) is 14.2 Å². The molecular weight excluding hydrogens is 344 g/mol. The van der Waals surface area contributed by atoms with E-state index in [0.29, 0.717) is 17.1 Å². The molecule has 0 bridgehead atoms. The minimum Gasteiger partial charge on any atom is -0.497 e. The van der Waals surface area contributed by atoms with E-state index >= 15 is 0 Å². The number of rotatable bonds is 8. The van der Waals surface area contributed by atoms with Crippen LogP contribution in [-0.2, 0) is 11.3 Å². The highest BCUT2D eigenvalue weighted by Gasteiger charge is 2.24. The highest BCUT2D eigenvalue weighted by atomic mass is 16.5. The lowest BCUT2D eigenvalue weighted by Gasteiger charge is -2.22. The topological polar surface area (TPSA) is 76.7 Å². The molecule has 2 aromatic carbocycles. The Morgan fingerprint density at radius 3 is 2.30 bits per heavy atom. The zero-order valence-electron chi connectivity index (χ0n) is 16.1. The first-order valence-electron chi connectivity index (χ1n) is 8.80. The summed E-state index contributed by atoms with van der Waals surface area (Å²) in [5.41, 5.74) is 1.31. The van der Waals surface area contributed by atoms with Crippen molar-refractivity contribution in [3.05, 3.63) is 59.7 Å². The van der Waals surface area contributed by atoms with E-state index < -0.39 is 6.04 Å². The van der Waals surface area contributed by atoms with Crippen LogP contribution in [0.3, 0.4) is 0 Å². The molecule has 144 valence electrons. The summed E-state index contributed by atoms with van der Waals surface area (Å²) in [6.07, 6.45) is 0. The number of methoxy groups -OCH3 is 2. The summed E-state index contributed by atoms with van der Waals surface area (Å²) in [6.45, 7) is 4.05. The maximum Gasteiger partial charge on any atom is 0.251 e. The van der Waals surface area contributed by atoms with Crippen molar-refractivity contribution in [3.8, 4) is 11.5 Å². The van der Waals surface area contributed by atoms with Gasteiger partial charge in [0, 0.05) is 17.7 Å². The molecule has 1 atom stereocenters. The number of nitrogens with one attached hydrogen (secondary N) is 2. The third kappa shape index (κ3) is 5.48. The van der Waals surface area contributed by atoms with Crippen LogP contribution in [0.1, 0.15) is 29.8 Å². The number of hydrogen-bond donors (Lipinski definition) is 2. The SMILES string of the molecule is COc1ccc(OC)c(CNC(=O)C(NC(=O)c2ccccc2)C(C)C)c1. The van der Waals surface area contributed by atoms with E-state index in [1.165, 1.54) is 0 Å². The fraction of sp³-hybridized carbons (Fsp3) is 0.333. The van der Waals surface area contributed by atoms with Gasteiger partial charge in [0.1, 0.15) is 17.5 Å². The van der Waals surface area contributed by atoms with E-state index in [1.54, 1.807) is 50.6 Å². The molecule has 6 heteroatoms. The standard InChI is InChI=1S/C21H26N2O4/c1-14(2)19(23-20(24)15-8-6-5-7-9-15)21(25)22-13-16-12-17(26-3)10-11-18(16)27-4/h5-12,14,19H,13H2,1-4H3,(H,22,25)(H,23,24). The van der Waals surface area contributed by atoms with Crippen molar-refractivity contribution in [3.63, 3.8) is 0 Å². The van der Waals surface area contributed by atoms with Crippen LogP contribution in [0.15, 0.2) is 48.5 Å². The van der Waals surface area contributed by atoms with Crippen LogP contribution in [0.5, 0.6) is 11.5 Å². The molecule has 0 fully saturated rings. The quantitative estimate of drug-likeness (QED) is 0.749. The molecule has 0 saturated carbocycles. The van der Waals surface area contributed by atoms with E-state index in [1.807, 2.05) is 26.0 Å². The van der Waals surface area contributed by atoms with Gasteiger partial charge in [0.25, 0.3) is 5.91 Å². The second-order valence-corrected chi connectivity index (χ2v) is 6.46. The summed E-state index contributed by atoms with van der Waals surface area (Å²) >= 11 is 0. The van der Waals surface area contributed by atoms with Gasteiger partial charge in [0.05, 0.1) is 14.2 Å². The van der Waals surface area contributed by atoms with Gasteiger partial charge in [-0.25, -0.2) is 0 Å². The Balaban J connectivity index is 2.06. The number of hydrogen-bond acceptors (Lipinski definition) is 4. The van der Waals surface area contributed by atoms with Crippen LogP contribution in [-0.4, -0.2) is 32.1 Å². The first-order valence-corrected chi connectivity index (χ1v) is 8.80. The van der Waals surface area contributed by atoms with Crippen LogP contribution >= 0.6 is 0 Å². The lowest BCUT2D eigenvalue weighted by Crippen LogP contribution is -2.49. The molecular formula is C21H26N2O4. The Labute approximate surface area is 159 Å². The van der Waals surface area contributed by atoms with Gasteiger partial charge >= 0.3 is 0 Å². The average molecular weight is 370 g/mol. The Kier molecular flexibility index (Phi) is 7.23. The van der Waals surface area contributed by atoms with E-state index in [2.05, 4.69) is 10.6 Å². The van der Waals surface area contributed by atoms with Gasteiger partial charge in [-0.15, -0.1) is 0 Å². The summed E-state index contributed by atoms with van der Waals surface area (Å²) in [5, 5.41) is 5.69. The van der Waals surface area contributed by atoms with Crippen LogP contribution in [0.4, 0.5) is 0 Å². The van der Waals surface area contributed by atoms with Crippen molar-refractivity contribution in [2.45, 2.75) is 26.4 Å². The second kappa shape index (κ2) is 9.62. The zero-order valence-corrected chi connectivity index (χ0v) is 16.1. The molecule has 27 heavy (non-hydrogen) atoms. The predicted octanol–water partition coefficient (Wildman–Crippen LogP) is 2.77. The molecule has 0 radical (unpaired) electrons. The summed E-state index contributed by atoms with van der Waals surface area (Å²) in [6, 6.07) is 13.6. The monoisotopic (exact) mass is 370 g/mol. The second-order valence-electron chi connectivity index (χ2n) is 6.46. The van der Waals surface area contributed by atoms with Gasteiger partial charge in [-0.2, -0.15) is 0 Å². The van der Waals surface area contributed by atoms with Gasteiger partial charge in [-0.05, 0) is 36.2 Å². The molecule has 0 heterocycles. The minimum atomic E-state index is -0.644. The van der Waals surface area contributed by atoms with Crippen LogP contribution in [0.25, 0.3) is 0 Å². The van der Waals surface area contributed by atoms with E-state index in [-0.39, 0.29) is 24.3 Å². The number of carbonyl (C=O) groups is 2. The largest absolute Gasteiger partial charge is 0.497 e. The lowest BCUT2D eigenvalue weighted by molar-refractivity contribution is -0.124. The highest BCUT2D eigenvalue weighted by molar-refractivity contribution is 5.97.